The van der Waals surface area contributed by atoms with Gasteiger partial charge in [-0.25, -0.2) is 13.1 Å². The Morgan fingerprint density at radius 2 is 1.76 bits per heavy atom. The summed E-state index contributed by atoms with van der Waals surface area (Å²) in [6.07, 6.45) is 4.40. The van der Waals surface area contributed by atoms with Crippen LogP contribution in [0.5, 0.6) is 0 Å². The minimum absolute atomic E-state index is 0.0422. The Bertz CT molecular complexity index is 624. The summed E-state index contributed by atoms with van der Waals surface area (Å²) in [5.41, 5.74) is 0. The second-order valence-corrected chi connectivity index (χ2v) is 9.19. The molecule has 1 N–H and O–H groups in total. The number of nitrogens with one attached hydrogen (secondary N) is 1. The molecule has 1 saturated heterocycles. The normalized spacial score (nSPS) is 21.6. The third kappa shape index (κ3) is 3.88. The van der Waals surface area contributed by atoms with Gasteiger partial charge in [0, 0.05) is 21.0 Å². The van der Waals surface area contributed by atoms with E-state index in [4.69, 9.17) is 0 Å². The summed E-state index contributed by atoms with van der Waals surface area (Å²) >= 11 is 6.66. The molecule has 1 aromatic rings. The predicted molar refractivity (Wildman–Crippen MR) is 89.8 cm³/mol. The van der Waals surface area contributed by atoms with E-state index in [1.165, 1.54) is 12.8 Å². The first kappa shape index (κ1) is 15.9. The van der Waals surface area contributed by atoms with E-state index in [0.717, 1.165) is 36.4 Å². The van der Waals surface area contributed by atoms with Gasteiger partial charge in [0.1, 0.15) is 0 Å². The molecule has 2 aliphatic rings. The van der Waals surface area contributed by atoms with Crippen molar-refractivity contribution < 1.29 is 8.42 Å². The quantitative estimate of drug-likeness (QED) is 0.787. The number of rotatable bonds is 4. The van der Waals surface area contributed by atoms with Gasteiger partial charge in [0.2, 0.25) is 10.0 Å². The Kier molecular flexibility index (Phi) is 4.76. The van der Waals surface area contributed by atoms with E-state index in [-0.39, 0.29) is 6.04 Å². The molecule has 116 valence electrons. The van der Waals surface area contributed by atoms with Crippen LogP contribution in [0.4, 0.5) is 0 Å². The fourth-order valence-corrected chi connectivity index (χ4v) is 5.85. The maximum atomic E-state index is 12.5. The van der Waals surface area contributed by atoms with Crippen LogP contribution >= 0.6 is 31.9 Å². The van der Waals surface area contributed by atoms with Crippen LogP contribution in [-0.4, -0.2) is 38.5 Å². The van der Waals surface area contributed by atoms with Crippen molar-refractivity contribution in [3.8, 4) is 0 Å². The van der Waals surface area contributed by atoms with E-state index in [0.29, 0.717) is 9.37 Å². The summed E-state index contributed by atoms with van der Waals surface area (Å²) in [5, 5.41) is 0. The highest BCUT2D eigenvalue weighted by molar-refractivity contribution is 9.11. The smallest absolute Gasteiger partial charge is 0.241 e. The molecule has 0 bridgehead atoms. The number of hydrogen-bond donors (Lipinski definition) is 1. The van der Waals surface area contributed by atoms with E-state index in [1.54, 1.807) is 18.2 Å². The number of hydrogen-bond acceptors (Lipinski definition) is 3. The Morgan fingerprint density at radius 3 is 2.33 bits per heavy atom. The molecular weight excluding hydrogens is 420 g/mol. The first-order valence-electron chi connectivity index (χ1n) is 7.17. The highest BCUT2D eigenvalue weighted by Gasteiger charge is 2.33. The summed E-state index contributed by atoms with van der Waals surface area (Å²) in [7, 11) is -3.47. The molecule has 1 aliphatic carbocycles. The van der Waals surface area contributed by atoms with Crippen LogP contribution < -0.4 is 4.72 Å². The number of nitrogens with zero attached hydrogens (tertiary/aromatic N) is 1. The van der Waals surface area contributed by atoms with Gasteiger partial charge in [0.15, 0.2) is 0 Å². The predicted octanol–water partition coefficient (Wildman–Crippen LogP) is 3.12. The number of halogens is 2. The van der Waals surface area contributed by atoms with Gasteiger partial charge in [-0.05, 0) is 72.9 Å². The minimum atomic E-state index is -3.47. The third-order valence-electron chi connectivity index (χ3n) is 4.10. The molecule has 0 radical (unpaired) electrons. The Balaban J connectivity index is 1.66. The van der Waals surface area contributed by atoms with Crippen molar-refractivity contribution in [2.24, 2.45) is 0 Å². The Morgan fingerprint density at radius 1 is 1.10 bits per heavy atom. The molecule has 7 heteroatoms. The van der Waals surface area contributed by atoms with Gasteiger partial charge < -0.3 is 4.90 Å². The van der Waals surface area contributed by atoms with Crippen molar-refractivity contribution in [1.29, 1.82) is 0 Å². The molecule has 0 aromatic heterocycles. The summed E-state index contributed by atoms with van der Waals surface area (Å²) < 4.78 is 29.3. The molecule has 0 atom stereocenters. The van der Waals surface area contributed by atoms with Crippen molar-refractivity contribution in [3.63, 3.8) is 0 Å². The van der Waals surface area contributed by atoms with Crippen molar-refractivity contribution >= 4 is 41.9 Å². The summed E-state index contributed by atoms with van der Waals surface area (Å²) in [4.78, 5) is 2.79. The lowest BCUT2D eigenvalue weighted by Gasteiger charge is -2.32. The zero-order valence-corrected chi connectivity index (χ0v) is 15.5. The molecular formula is C14H18Br2N2O2S. The maximum Gasteiger partial charge on any atom is 0.241 e. The van der Waals surface area contributed by atoms with E-state index in [1.807, 2.05) is 0 Å². The average molecular weight is 438 g/mol. The van der Waals surface area contributed by atoms with Crippen LogP contribution in [0.15, 0.2) is 32.0 Å². The van der Waals surface area contributed by atoms with Crippen molar-refractivity contribution in [2.75, 3.05) is 13.1 Å². The van der Waals surface area contributed by atoms with Gasteiger partial charge in [-0.1, -0.05) is 15.9 Å². The van der Waals surface area contributed by atoms with E-state index in [9.17, 15) is 8.42 Å². The van der Waals surface area contributed by atoms with Crippen molar-refractivity contribution in [3.05, 3.63) is 27.1 Å². The second kappa shape index (κ2) is 6.28. The largest absolute Gasteiger partial charge is 0.300 e. The Labute approximate surface area is 142 Å². The van der Waals surface area contributed by atoms with Crippen LogP contribution in [0.25, 0.3) is 0 Å². The van der Waals surface area contributed by atoms with Crippen LogP contribution in [0.1, 0.15) is 25.7 Å². The molecule has 2 fully saturated rings. The molecule has 0 spiro atoms. The lowest BCUT2D eigenvalue weighted by Crippen LogP contribution is -2.45. The molecule has 1 saturated carbocycles. The molecule has 1 aromatic carbocycles. The van der Waals surface area contributed by atoms with Crippen LogP contribution in [0.3, 0.4) is 0 Å². The fourth-order valence-electron chi connectivity index (χ4n) is 2.80. The zero-order chi connectivity index (χ0) is 15.0. The second-order valence-electron chi connectivity index (χ2n) is 5.74. The maximum absolute atomic E-state index is 12.5. The first-order valence-corrected chi connectivity index (χ1v) is 10.2. The number of piperidine rings is 1. The van der Waals surface area contributed by atoms with Crippen molar-refractivity contribution in [2.45, 2.75) is 42.7 Å². The van der Waals surface area contributed by atoms with Crippen LogP contribution in [-0.2, 0) is 10.0 Å². The molecule has 0 unspecified atom stereocenters. The molecule has 3 rings (SSSR count). The number of likely N-dealkylation sites (tertiary alicyclic amines) is 1. The summed E-state index contributed by atoms with van der Waals surface area (Å²) in [5.74, 6) is 0. The third-order valence-corrected chi connectivity index (χ3v) is 7.09. The van der Waals surface area contributed by atoms with Gasteiger partial charge >= 0.3 is 0 Å². The first-order chi connectivity index (χ1) is 9.95. The molecule has 21 heavy (non-hydrogen) atoms. The molecule has 0 amide bonds. The minimum Gasteiger partial charge on any atom is -0.300 e. The summed E-state index contributed by atoms with van der Waals surface area (Å²) in [6.45, 7) is 2.00. The summed E-state index contributed by atoms with van der Waals surface area (Å²) in [6, 6.07) is 5.93. The highest BCUT2D eigenvalue weighted by atomic mass is 79.9. The monoisotopic (exact) mass is 436 g/mol. The van der Waals surface area contributed by atoms with Crippen molar-refractivity contribution in [1.82, 2.24) is 9.62 Å². The fraction of sp³-hybridized carbons (Fsp3) is 0.571. The van der Waals surface area contributed by atoms with E-state index < -0.39 is 10.0 Å². The molecule has 1 heterocycles. The average Bonchev–Trinajstić information content (AvgIpc) is 3.23. The number of sulfonamides is 1. The van der Waals surface area contributed by atoms with Gasteiger partial charge in [0.25, 0.3) is 0 Å². The zero-order valence-electron chi connectivity index (χ0n) is 11.6. The van der Waals surface area contributed by atoms with Crippen LogP contribution in [0.2, 0.25) is 0 Å². The topological polar surface area (TPSA) is 49.4 Å². The standard InChI is InChI=1S/C14H18Br2N2O2S/c15-10-1-4-14(13(16)9-10)21(19,20)17-11-5-7-18(8-6-11)12-2-3-12/h1,4,9,11-12,17H,2-3,5-8H2. The molecule has 1 aliphatic heterocycles. The molecule has 4 nitrogen and oxygen atoms in total. The lowest BCUT2D eigenvalue weighted by molar-refractivity contribution is 0.199. The van der Waals surface area contributed by atoms with Gasteiger partial charge in [-0.2, -0.15) is 0 Å². The van der Waals surface area contributed by atoms with E-state index in [2.05, 4.69) is 41.5 Å². The van der Waals surface area contributed by atoms with Gasteiger partial charge in [-0.15, -0.1) is 0 Å². The number of benzene rings is 1. The SMILES string of the molecule is O=S(=O)(NC1CCN(C2CC2)CC1)c1ccc(Br)cc1Br. The Hall–Kier alpha value is 0.0500. The lowest BCUT2D eigenvalue weighted by atomic mass is 10.1. The van der Waals surface area contributed by atoms with Crippen LogP contribution in [0, 0.1) is 0 Å². The van der Waals surface area contributed by atoms with Gasteiger partial charge in [0.05, 0.1) is 4.90 Å². The van der Waals surface area contributed by atoms with E-state index >= 15 is 0 Å². The van der Waals surface area contributed by atoms with Gasteiger partial charge in [-0.3, -0.25) is 0 Å². The highest BCUT2D eigenvalue weighted by Crippen LogP contribution is 2.30.